The number of ketones is 1. The lowest BCUT2D eigenvalue weighted by Crippen LogP contribution is -2.63. The number of ether oxygens (including phenoxy) is 1. The Kier molecular flexibility index (Phi) is 6.55. The monoisotopic (exact) mass is 450 g/mol. The summed E-state index contributed by atoms with van der Waals surface area (Å²) in [7, 11) is 1.45. The van der Waals surface area contributed by atoms with Crippen LogP contribution in [-0.2, 0) is 14.3 Å². The molecule has 5 heteroatoms. The first-order valence-electron chi connectivity index (χ1n) is 13.0. The van der Waals surface area contributed by atoms with E-state index in [9.17, 15) is 19.1 Å². The summed E-state index contributed by atoms with van der Waals surface area (Å²) >= 11 is 0. The van der Waals surface area contributed by atoms with Gasteiger partial charge in [-0.1, -0.05) is 34.1 Å². The molecule has 0 aromatic heterocycles. The lowest BCUT2D eigenvalue weighted by molar-refractivity contribution is -0.200. The third-order valence-corrected chi connectivity index (χ3v) is 11.0. The Bertz CT molecular complexity index is 739. The molecule has 32 heavy (non-hydrogen) atoms. The number of carbonyl (C=O) groups is 2. The van der Waals surface area contributed by atoms with Crippen LogP contribution in [0.1, 0.15) is 85.5 Å². The Labute approximate surface area is 193 Å². The van der Waals surface area contributed by atoms with Crippen LogP contribution in [-0.4, -0.2) is 36.2 Å². The normalized spacial score (nSPS) is 49.0. The van der Waals surface area contributed by atoms with Gasteiger partial charge in [0.25, 0.3) is 0 Å². The lowest BCUT2D eigenvalue weighted by atomic mass is 9.41. The Morgan fingerprint density at radius 3 is 2.53 bits per heavy atom. The van der Waals surface area contributed by atoms with Crippen LogP contribution in [0.3, 0.4) is 0 Å². The van der Waals surface area contributed by atoms with Crippen molar-refractivity contribution in [1.82, 2.24) is 0 Å². The number of hydrogen-bond acceptors (Lipinski definition) is 4. The summed E-state index contributed by atoms with van der Waals surface area (Å²) in [6.07, 6.45) is 5.41. The summed E-state index contributed by atoms with van der Waals surface area (Å²) < 4.78 is 19.6. The van der Waals surface area contributed by atoms with Crippen molar-refractivity contribution in [1.29, 1.82) is 0 Å². The number of halogens is 1. The molecule has 0 spiro atoms. The second-order valence-electron chi connectivity index (χ2n) is 12.1. The van der Waals surface area contributed by atoms with Crippen molar-refractivity contribution in [3.63, 3.8) is 0 Å². The molecular formula is C27H43FO4. The van der Waals surface area contributed by atoms with E-state index in [0.29, 0.717) is 42.9 Å². The van der Waals surface area contributed by atoms with E-state index in [4.69, 9.17) is 4.74 Å². The van der Waals surface area contributed by atoms with Crippen molar-refractivity contribution in [2.24, 2.45) is 52.3 Å². The number of aliphatic hydroxyl groups excluding tert-OH is 1. The van der Waals surface area contributed by atoms with Crippen LogP contribution in [0.2, 0.25) is 0 Å². The fourth-order valence-corrected chi connectivity index (χ4v) is 9.41. The predicted molar refractivity (Wildman–Crippen MR) is 121 cm³/mol. The van der Waals surface area contributed by atoms with Crippen molar-refractivity contribution in [3.05, 3.63) is 0 Å². The Morgan fingerprint density at radius 2 is 1.88 bits per heavy atom. The molecule has 4 nitrogen and oxygen atoms in total. The maximum absolute atomic E-state index is 14.7. The molecular weight excluding hydrogens is 407 g/mol. The summed E-state index contributed by atoms with van der Waals surface area (Å²) in [6, 6.07) is 0. The molecule has 0 saturated heterocycles. The van der Waals surface area contributed by atoms with E-state index in [0.717, 1.165) is 38.5 Å². The molecule has 182 valence electrons. The Morgan fingerprint density at radius 1 is 1.19 bits per heavy atom. The van der Waals surface area contributed by atoms with Gasteiger partial charge in [-0.05, 0) is 90.8 Å². The topological polar surface area (TPSA) is 63.6 Å². The molecule has 0 amide bonds. The molecule has 4 saturated carbocycles. The van der Waals surface area contributed by atoms with Crippen molar-refractivity contribution >= 4 is 11.8 Å². The number of Topliss-reactive ketones (excluding diaryl/α,β-unsaturated/α-hetero) is 1. The van der Waals surface area contributed by atoms with Crippen LogP contribution >= 0.6 is 0 Å². The van der Waals surface area contributed by atoms with Crippen LogP contribution in [0.5, 0.6) is 0 Å². The van der Waals surface area contributed by atoms with Gasteiger partial charge in [0.1, 0.15) is 0 Å². The minimum absolute atomic E-state index is 0.0795. The molecule has 1 N–H and O–H groups in total. The van der Waals surface area contributed by atoms with Gasteiger partial charge in [0.15, 0.2) is 12.0 Å². The zero-order valence-corrected chi connectivity index (χ0v) is 20.6. The van der Waals surface area contributed by atoms with E-state index in [1.54, 1.807) is 0 Å². The number of rotatable bonds is 5. The zero-order valence-electron chi connectivity index (χ0n) is 20.6. The number of fused-ring (bicyclic) bond motifs is 5. The van der Waals surface area contributed by atoms with Gasteiger partial charge in [-0.25, -0.2) is 4.39 Å². The van der Waals surface area contributed by atoms with Gasteiger partial charge < -0.3 is 9.84 Å². The third-order valence-electron chi connectivity index (χ3n) is 11.0. The largest absolute Gasteiger partial charge is 0.469 e. The van der Waals surface area contributed by atoms with Crippen LogP contribution in [0.4, 0.5) is 4.39 Å². The quantitative estimate of drug-likeness (QED) is 0.573. The van der Waals surface area contributed by atoms with Crippen LogP contribution in [0.25, 0.3) is 0 Å². The highest BCUT2D eigenvalue weighted by molar-refractivity contribution is 5.84. The molecule has 4 fully saturated rings. The highest BCUT2D eigenvalue weighted by atomic mass is 19.1. The third kappa shape index (κ3) is 3.56. The van der Waals surface area contributed by atoms with Crippen molar-refractivity contribution < 1.29 is 23.8 Å². The van der Waals surface area contributed by atoms with Crippen LogP contribution < -0.4 is 0 Å². The Hall–Kier alpha value is -0.970. The first-order valence-corrected chi connectivity index (χ1v) is 13.0. The fraction of sp³-hybridized carbons (Fsp3) is 0.926. The van der Waals surface area contributed by atoms with E-state index in [1.807, 2.05) is 0 Å². The number of alkyl halides is 1. The van der Waals surface area contributed by atoms with Gasteiger partial charge in [-0.15, -0.1) is 0 Å². The maximum atomic E-state index is 14.7. The second-order valence-corrected chi connectivity index (χ2v) is 12.1. The molecule has 0 unspecified atom stereocenters. The number of methoxy groups -OCH3 is 1. The SMILES string of the molecule is CC[C@H]1[C@@H](O)[C@@H]2[C@H](CC[C@]3(C)[C@@H]([C@H](C)CCC(=O)OC)CC[C@@H]23)[C@@]2(C)C[C@H](F)C(=O)C[C@@H]12. The van der Waals surface area contributed by atoms with Gasteiger partial charge in [0.2, 0.25) is 0 Å². The predicted octanol–water partition coefficient (Wildman–Crippen LogP) is 5.36. The van der Waals surface area contributed by atoms with E-state index in [1.165, 1.54) is 7.11 Å². The van der Waals surface area contributed by atoms with Crippen LogP contribution in [0.15, 0.2) is 0 Å². The van der Waals surface area contributed by atoms with Crippen molar-refractivity contribution in [2.45, 2.75) is 97.8 Å². The molecule has 4 aliphatic rings. The van der Waals surface area contributed by atoms with Gasteiger partial charge in [-0.2, -0.15) is 0 Å². The molecule has 0 aromatic carbocycles. The summed E-state index contributed by atoms with van der Waals surface area (Å²) in [5.74, 6) is 1.69. The van der Waals surface area contributed by atoms with Crippen LogP contribution in [0, 0.1) is 52.3 Å². The minimum atomic E-state index is -1.34. The molecule has 0 aliphatic heterocycles. The highest BCUT2D eigenvalue weighted by Gasteiger charge is 2.65. The summed E-state index contributed by atoms with van der Waals surface area (Å²) in [5, 5.41) is 11.7. The van der Waals surface area contributed by atoms with Gasteiger partial charge >= 0.3 is 5.97 Å². The smallest absolute Gasteiger partial charge is 0.305 e. The van der Waals surface area contributed by atoms with E-state index < -0.39 is 12.3 Å². The maximum Gasteiger partial charge on any atom is 0.305 e. The zero-order chi connectivity index (χ0) is 23.4. The molecule has 0 bridgehead atoms. The first kappa shape index (κ1) is 24.2. The number of aliphatic hydroxyl groups is 1. The fourth-order valence-electron chi connectivity index (χ4n) is 9.41. The average Bonchev–Trinajstić information content (AvgIpc) is 3.11. The van der Waals surface area contributed by atoms with E-state index in [2.05, 4.69) is 27.7 Å². The average molecular weight is 451 g/mol. The molecule has 0 heterocycles. The molecule has 11 atom stereocenters. The summed E-state index contributed by atoms with van der Waals surface area (Å²) in [5.41, 5.74) is -0.0490. The van der Waals surface area contributed by atoms with Gasteiger partial charge in [0.05, 0.1) is 13.2 Å². The van der Waals surface area contributed by atoms with Gasteiger partial charge in [-0.3, -0.25) is 9.59 Å². The van der Waals surface area contributed by atoms with E-state index >= 15 is 0 Å². The summed E-state index contributed by atoms with van der Waals surface area (Å²) in [6.45, 7) is 9.05. The Balaban J connectivity index is 1.61. The number of esters is 1. The standard InChI is InChI=1S/C27H43FO4/c1-6-16-20-13-22(29)21(28)14-27(20,4)19-11-12-26(3)17(15(2)7-10-23(30)32-5)8-9-18(26)24(19)25(16)31/h15-21,24-25,31H,6-14H2,1-5H3/t15-,16-,17-,18+,19+,20+,21+,24+,25-,26-,27-/m1/s1. The molecule has 4 aliphatic carbocycles. The number of carbonyl (C=O) groups excluding carboxylic acids is 2. The molecule has 0 radical (unpaired) electrons. The number of hydrogen-bond donors (Lipinski definition) is 1. The first-order chi connectivity index (χ1) is 15.1. The molecule has 0 aromatic rings. The second kappa shape index (κ2) is 8.67. The van der Waals surface area contributed by atoms with Gasteiger partial charge in [0, 0.05) is 12.8 Å². The van der Waals surface area contributed by atoms with Crippen molar-refractivity contribution in [3.8, 4) is 0 Å². The minimum Gasteiger partial charge on any atom is -0.469 e. The lowest BCUT2D eigenvalue weighted by Gasteiger charge is -2.64. The van der Waals surface area contributed by atoms with E-state index in [-0.39, 0.29) is 40.3 Å². The van der Waals surface area contributed by atoms with Crippen molar-refractivity contribution in [2.75, 3.05) is 7.11 Å². The summed E-state index contributed by atoms with van der Waals surface area (Å²) in [4.78, 5) is 24.0. The molecule has 4 rings (SSSR count). The highest BCUT2D eigenvalue weighted by Crippen LogP contribution is 2.69.